The van der Waals surface area contributed by atoms with Crippen LogP contribution in [0.2, 0.25) is 0 Å². The molecule has 0 saturated carbocycles. The number of hydrogen-bond acceptors (Lipinski definition) is 3. The van der Waals surface area contributed by atoms with E-state index in [4.69, 9.17) is 0 Å². The van der Waals surface area contributed by atoms with Gasteiger partial charge in [0.1, 0.15) is 11.6 Å². The minimum Gasteiger partial charge on any atom is -0.378 e. The fourth-order valence-electron chi connectivity index (χ4n) is 1.99. The summed E-state index contributed by atoms with van der Waals surface area (Å²) in [5.74, 6) is -0.130. The molecule has 0 spiro atoms. The summed E-state index contributed by atoms with van der Waals surface area (Å²) < 4.78 is 15.9. The first kappa shape index (κ1) is 15.0. The number of aryl methyl sites for hydroxylation is 1. The van der Waals surface area contributed by atoms with Crippen LogP contribution in [0.5, 0.6) is 0 Å². The fourth-order valence-corrected chi connectivity index (χ4v) is 1.99. The zero-order valence-electron chi connectivity index (χ0n) is 12.7. The third-order valence-corrected chi connectivity index (χ3v) is 3.35. The molecule has 0 aliphatic heterocycles. The van der Waals surface area contributed by atoms with Crippen LogP contribution in [-0.4, -0.2) is 41.5 Å². The number of rotatable bonds is 4. The van der Waals surface area contributed by atoms with Crippen molar-refractivity contribution in [2.45, 2.75) is 6.54 Å². The van der Waals surface area contributed by atoms with E-state index in [0.29, 0.717) is 6.54 Å². The van der Waals surface area contributed by atoms with Crippen molar-refractivity contribution in [2.24, 2.45) is 7.05 Å². The molecule has 1 aromatic carbocycles. The maximum atomic E-state index is 14.1. The predicted molar refractivity (Wildman–Crippen MR) is 79.7 cm³/mol. The Kier molecular flexibility index (Phi) is 4.26. The zero-order chi connectivity index (χ0) is 15.6. The van der Waals surface area contributed by atoms with Crippen LogP contribution in [-0.2, 0) is 13.6 Å². The SMILES string of the molecule is CN(Cc1nccn1C)C(=O)c1ccc(N(C)C)cc1F. The van der Waals surface area contributed by atoms with Gasteiger partial charge in [0, 0.05) is 46.3 Å². The molecule has 1 heterocycles. The number of anilines is 1. The average molecular weight is 290 g/mol. The highest BCUT2D eigenvalue weighted by Gasteiger charge is 2.18. The van der Waals surface area contributed by atoms with Gasteiger partial charge in [-0.2, -0.15) is 0 Å². The van der Waals surface area contributed by atoms with E-state index >= 15 is 0 Å². The number of benzene rings is 1. The van der Waals surface area contributed by atoms with Crippen molar-refractivity contribution in [1.82, 2.24) is 14.5 Å². The molecule has 0 aliphatic carbocycles. The van der Waals surface area contributed by atoms with Gasteiger partial charge in [-0.15, -0.1) is 0 Å². The number of nitrogens with zero attached hydrogens (tertiary/aromatic N) is 4. The van der Waals surface area contributed by atoms with E-state index in [-0.39, 0.29) is 11.5 Å². The Bertz CT molecular complexity index is 651. The van der Waals surface area contributed by atoms with E-state index in [1.165, 1.54) is 17.0 Å². The van der Waals surface area contributed by atoms with E-state index in [2.05, 4.69) is 4.98 Å². The summed E-state index contributed by atoms with van der Waals surface area (Å²) >= 11 is 0. The molecule has 0 N–H and O–H groups in total. The van der Waals surface area contributed by atoms with Crippen molar-refractivity contribution in [3.63, 3.8) is 0 Å². The molecular weight excluding hydrogens is 271 g/mol. The number of hydrogen-bond donors (Lipinski definition) is 0. The minimum absolute atomic E-state index is 0.0670. The molecule has 1 aromatic heterocycles. The lowest BCUT2D eigenvalue weighted by atomic mass is 10.1. The van der Waals surface area contributed by atoms with Crippen LogP contribution >= 0.6 is 0 Å². The molecule has 1 amide bonds. The monoisotopic (exact) mass is 290 g/mol. The molecule has 0 unspecified atom stereocenters. The van der Waals surface area contributed by atoms with E-state index in [9.17, 15) is 9.18 Å². The zero-order valence-corrected chi connectivity index (χ0v) is 12.7. The van der Waals surface area contributed by atoms with E-state index in [1.807, 2.05) is 25.7 Å². The smallest absolute Gasteiger partial charge is 0.256 e. The van der Waals surface area contributed by atoms with Gasteiger partial charge >= 0.3 is 0 Å². The quantitative estimate of drug-likeness (QED) is 0.863. The Morgan fingerprint density at radius 3 is 2.57 bits per heavy atom. The van der Waals surface area contributed by atoms with Gasteiger partial charge in [0.2, 0.25) is 0 Å². The van der Waals surface area contributed by atoms with E-state index in [1.54, 1.807) is 30.4 Å². The van der Waals surface area contributed by atoms with E-state index in [0.717, 1.165) is 11.5 Å². The number of aromatic nitrogens is 2. The van der Waals surface area contributed by atoms with Crippen LogP contribution in [0, 0.1) is 5.82 Å². The number of halogens is 1. The maximum absolute atomic E-state index is 14.1. The van der Waals surface area contributed by atoms with Gasteiger partial charge in [0.05, 0.1) is 12.1 Å². The van der Waals surface area contributed by atoms with Crippen molar-refractivity contribution in [3.05, 3.63) is 47.8 Å². The average Bonchev–Trinajstić information content (AvgIpc) is 2.83. The first-order valence-corrected chi connectivity index (χ1v) is 6.58. The Morgan fingerprint density at radius 1 is 1.33 bits per heavy atom. The third-order valence-electron chi connectivity index (χ3n) is 3.35. The molecule has 0 bridgehead atoms. The molecule has 0 atom stereocenters. The van der Waals surface area contributed by atoms with Gasteiger partial charge in [0.15, 0.2) is 0 Å². The van der Waals surface area contributed by atoms with Crippen LogP contribution in [0.1, 0.15) is 16.2 Å². The van der Waals surface area contributed by atoms with Gasteiger partial charge in [-0.3, -0.25) is 4.79 Å². The molecule has 0 saturated heterocycles. The van der Waals surface area contributed by atoms with Crippen molar-refractivity contribution >= 4 is 11.6 Å². The highest BCUT2D eigenvalue weighted by atomic mass is 19.1. The molecule has 2 aromatic rings. The first-order valence-electron chi connectivity index (χ1n) is 6.58. The molecule has 5 nitrogen and oxygen atoms in total. The van der Waals surface area contributed by atoms with Gasteiger partial charge in [-0.1, -0.05) is 0 Å². The highest BCUT2D eigenvalue weighted by molar-refractivity contribution is 5.94. The summed E-state index contributed by atoms with van der Waals surface area (Å²) in [6.45, 7) is 0.331. The Labute approximate surface area is 123 Å². The topological polar surface area (TPSA) is 41.4 Å². The van der Waals surface area contributed by atoms with E-state index < -0.39 is 5.82 Å². The normalized spacial score (nSPS) is 10.5. The van der Waals surface area contributed by atoms with Crippen LogP contribution in [0.4, 0.5) is 10.1 Å². The minimum atomic E-state index is -0.516. The summed E-state index contributed by atoms with van der Waals surface area (Å²) in [4.78, 5) is 19.7. The standard InChI is InChI=1S/C15H19FN4O/c1-18(2)11-5-6-12(13(16)9-11)15(21)20(4)10-14-17-7-8-19(14)3/h5-9H,10H2,1-4H3. The number of amides is 1. The van der Waals surface area contributed by atoms with Crippen molar-refractivity contribution in [2.75, 3.05) is 26.0 Å². The lowest BCUT2D eigenvalue weighted by Gasteiger charge is -2.18. The molecule has 6 heteroatoms. The Balaban J connectivity index is 2.18. The third kappa shape index (κ3) is 3.21. The Morgan fingerprint density at radius 2 is 2.05 bits per heavy atom. The van der Waals surface area contributed by atoms with Gasteiger partial charge in [-0.25, -0.2) is 9.37 Å². The summed E-state index contributed by atoms with van der Waals surface area (Å²) in [5, 5.41) is 0. The van der Waals surface area contributed by atoms with Crippen molar-refractivity contribution in [1.29, 1.82) is 0 Å². The van der Waals surface area contributed by atoms with Crippen molar-refractivity contribution in [3.8, 4) is 0 Å². The number of imidazole rings is 1. The predicted octanol–water partition coefficient (Wildman–Crippen LogP) is 1.90. The molecular formula is C15H19FN4O. The van der Waals surface area contributed by atoms with Crippen LogP contribution in [0.3, 0.4) is 0 Å². The summed E-state index contributed by atoms with van der Waals surface area (Å²) in [6, 6.07) is 4.61. The highest BCUT2D eigenvalue weighted by Crippen LogP contribution is 2.18. The lowest BCUT2D eigenvalue weighted by molar-refractivity contribution is 0.0776. The molecule has 112 valence electrons. The fraction of sp³-hybridized carbons (Fsp3) is 0.333. The maximum Gasteiger partial charge on any atom is 0.256 e. The van der Waals surface area contributed by atoms with Gasteiger partial charge < -0.3 is 14.4 Å². The van der Waals surface area contributed by atoms with Crippen LogP contribution in [0.15, 0.2) is 30.6 Å². The van der Waals surface area contributed by atoms with Crippen molar-refractivity contribution < 1.29 is 9.18 Å². The molecule has 0 radical (unpaired) electrons. The second-order valence-corrected chi connectivity index (χ2v) is 5.17. The van der Waals surface area contributed by atoms with Gasteiger partial charge in [-0.05, 0) is 18.2 Å². The van der Waals surface area contributed by atoms with Crippen LogP contribution < -0.4 is 4.90 Å². The Hall–Kier alpha value is -2.37. The number of carbonyl (C=O) groups excluding carboxylic acids is 1. The first-order chi connectivity index (χ1) is 9.90. The summed E-state index contributed by atoms with van der Waals surface area (Å²) in [6.07, 6.45) is 3.47. The second-order valence-electron chi connectivity index (χ2n) is 5.17. The van der Waals surface area contributed by atoms with Crippen LogP contribution in [0.25, 0.3) is 0 Å². The molecule has 0 fully saturated rings. The number of carbonyl (C=O) groups is 1. The lowest BCUT2D eigenvalue weighted by Crippen LogP contribution is -2.28. The largest absolute Gasteiger partial charge is 0.378 e. The summed E-state index contributed by atoms with van der Waals surface area (Å²) in [7, 11) is 7.14. The molecule has 0 aliphatic rings. The second kappa shape index (κ2) is 5.95. The molecule has 21 heavy (non-hydrogen) atoms. The molecule has 2 rings (SSSR count). The van der Waals surface area contributed by atoms with Gasteiger partial charge in [0.25, 0.3) is 5.91 Å². The summed E-state index contributed by atoms with van der Waals surface area (Å²) in [5.41, 5.74) is 0.785.